The molecule has 0 aliphatic heterocycles. The van der Waals surface area contributed by atoms with Gasteiger partial charge in [0.25, 0.3) is 0 Å². The van der Waals surface area contributed by atoms with Gasteiger partial charge in [-0.3, -0.25) is 4.98 Å². The van der Waals surface area contributed by atoms with Crippen LogP contribution in [-0.4, -0.2) is 4.98 Å². The highest BCUT2D eigenvalue weighted by Gasteiger charge is 2.20. The van der Waals surface area contributed by atoms with E-state index in [-0.39, 0.29) is 0 Å². The first-order valence-electron chi connectivity index (χ1n) is 11.5. The van der Waals surface area contributed by atoms with E-state index in [9.17, 15) is 0 Å². The van der Waals surface area contributed by atoms with Gasteiger partial charge >= 0.3 is 0 Å². The normalized spacial score (nSPS) is 14.5. The lowest BCUT2D eigenvalue weighted by atomic mass is 9.95. The first-order valence-corrected chi connectivity index (χ1v) is 11.5. The fourth-order valence-electron chi connectivity index (χ4n) is 5.22. The predicted molar refractivity (Wildman–Crippen MR) is 129 cm³/mol. The molecule has 4 aromatic rings. The highest BCUT2D eigenvalue weighted by molar-refractivity contribution is 5.96. The quantitative estimate of drug-likeness (QED) is 0.335. The van der Waals surface area contributed by atoms with Crippen LogP contribution in [0, 0.1) is 20.8 Å². The smallest absolute Gasteiger partial charge is 0.213 e. The standard InChI is InChI=1S/C29H31N2/c1-19-14-20(2)21(3)26(15-19)29-16-23-10-7-11-25(27(23)18-31(29)4)24-12-13-28(30-17-24)22-8-5-6-9-22/h7,10-18,22H,5-6,8-9H2,1-4H3/q+1. The molecule has 1 fully saturated rings. The van der Waals surface area contributed by atoms with Crippen LogP contribution in [0.2, 0.25) is 0 Å². The Labute approximate surface area is 185 Å². The molecule has 0 bridgehead atoms. The summed E-state index contributed by atoms with van der Waals surface area (Å²) in [7, 11) is 2.16. The van der Waals surface area contributed by atoms with Crippen LogP contribution in [-0.2, 0) is 7.05 Å². The molecule has 0 amide bonds. The lowest BCUT2D eigenvalue weighted by molar-refractivity contribution is -0.659. The Morgan fingerprint density at radius 1 is 0.903 bits per heavy atom. The van der Waals surface area contributed by atoms with E-state index in [1.807, 2.05) is 0 Å². The largest absolute Gasteiger partial charge is 0.260 e. The van der Waals surface area contributed by atoms with Crippen LogP contribution in [0.25, 0.3) is 33.2 Å². The lowest BCUT2D eigenvalue weighted by Crippen LogP contribution is -2.30. The van der Waals surface area contributed by atoms with E-state index in [1.165, 1.54) is 81.2 Å². The Morgan fingerprint density at radius 3 is 2.45 bits per heavy atom. The Kier molecular flexibility index (Phi) is 5.09. The minimum atomic E-state index is 0.656. The zero-order valence-corrected chi connectivity index (χ0v) is 19.1. The van der Waals surface area contributed by atoms with Crippen LogP contribution < -0.4 is 4.57 Å². The third-order valence-corrected chi connectivity index (χ3v) is 7.09. The molecule has 0 N–H and O–H groups in total. The fourth-order valence-corrected chi connectivity index (χ4v) is 5.22. The molecule has 0 radical (unpaired) electrons. The van der Waals surface area contributed by atoms with Gasteiger partial charge in [0.1, 0.15) is 7.05 Å². The summed E-state index contributed by atoms with van der Waals surface area (Å²) in [4.78, 5) is 4.86. The summed E-state index contributed by atoms with van der Waals surface area (Å²) in [5.74, 6) is 0.656. The monoisotopic (exact) mass is 407 g/mol. The molecule has 1 saturated carbocycles. The molecule has 2 aromatic carbocycles. The molecule has 2 aromatic heterocycles. The van der Waals surface area contributed by atoms with Crippen molar-refractivity contribution in [3.8, 4) is 22.4 Å². The number of pyridine rings is 2. The van der Waals surface area contributed by atoms with Crippen LogP contribution in [0.15, 0.2) is 60.9 Å². The molecule has 2 heterocycles. The summed E-state index contributed by atoms with van der Waals surface area (Å²) in [5.41, 5.74) is 10.3. The molecule has 156 valence electrons. The van der Waals surface area contributed by atoms with E-state index in [4.69, 9.17) is 4.98 Å². The van der Waals surface area contributed by atoms with Gasteiger partial charge in [0.2, 0.25) is 5.69 Å². The Balaban J connectivity index is 1.60. The number of rotatable bonds is 3. The Hall–Kier alpha value is -3.00. The maximum absolute atomic E-state index is 4.86. The van der Waals surface area contributed by atoms with Crippen molar-refractivity contribution in [1.82, 2.24) is 4.98 Å². The average Bonchev–Trinajstić information content (AvgIpc) is 3.31. The van der Waals surface area contributed by atoms with Gasteiger partial charge in [-0.05, 0) is 67.8 Å². The second-order valence-electron chi connectivity index (χ2n) is 9.29. The fraction of sp³-hybridized carbons (Fsp3) is 0.310. The molecule has 31 heavy (non-hydrogen) atoms. The first-order chi connectivity index (χ1) is 15.0. The molecule has 0 saturated heterocycles. The number of nitrogens with zero attached hydrogens (tertiary/aromatic N) is 2. The molecular weight excluding hydrogens is 376 g/mol. The molecule has 1 aliphatic carbocycles. The molecule has 0 spiro atoms. The van der Waals surface area contributed by atoms with Crippen LogP contribution in [0.5, 0.6) is 0 Å². The maximum atomic E-state index is 4.86. The molecule has 0 unspecified atom stereocenters. The van der Waals surface area contributed by atoms with E-state index < -0.39 is 0 Å². The highest BCUT2D eigenvalue weighted by Crippen LogP contribution is 2.35. The molecule has 2 heteroatoms. The molecular formula is C29H31N2+. The number of aromatic nitrogens is 2. The third kappa shape index (κ3) is 3.65. The summed E-state index contributed by atoms with van der Waals surface area (Å²) in [6.07, 6.45) is 9.62. The topological polar surface area (TPSA) is 16.8 Å². The summed E-state index contributed by atoms with van der Waals surface area (Å²) < 4.78 is 2.27. The average molecular weight is 408 g/mol. The lowest BCUT2D eigenvalue weighted by Gasteiger charge is -2.12. The van der Waals surface area contributed by atoms with Crippen LogP contribution in [0.4, 0.5) is 0 Å². The minimum Gasteiger partial charge on any atom is -0.260 e. The van der Waals surface area contributed by atoms with Gasteiger partial charge in [-0.1, -0.05) is 48.7 Å². The molecule has 2 nitrogen and oxygen atoms in total. The molecule has 5 rings (SSSR count). The van der Waals surface area contributed by atoms with Crippen molar-refractivity contribution >= 4 is 10.8 Å². The first kappa shape index (κ1) is 19.9. The minimum absolute atomic E-state index is 0.656. The van der Waals surface area contributed by atoms with Crippen molar-refractivity contribution in [2.24, 2.45) is 7.05 Å². The number of fused-ring (bicyclic) bond motifs is 1. The Bertz CT molecular complexity index is 1260. The zero-order valence-electron chi connectivity index (χ0n) is 19.1. The van der Waals surface area contributed by atoms with Gasteiger partial charge in [-0.25, -0.2) is 4.57 Å². The number of benzene rings is 2. The van der Waals surface area contributed by atoms with Gasteiger partial charge in [-0.2, -0.15) is 0 Å². The second kappa shape index (κ2) is 7.92. The van der Waals surface area contributed by atoms with Crippen LogP contribution in [0.3, 0.4) is 0 Å². The van der Waals surface area contributed by atoms with Crippen molar-refractivity contribution in [3.05, 3.63) is 83.3 Å². The maximum Gasteiger partial charge on any atom is 0.213 e. The van der Waals surface area contributed by atoms with Crippen molar-refractivity contribution in [1.29, 1.82) is 0 Å². The molecule has 1 aliphatic rings. The van der Waals surface area contributed by atoms with E-state index in [0.717, 1.165) is 0 Å². The van der Waals surface area contributed by atoms with E-state index >= 15 is 0 Å². The van der Waals surface area contributed by atoms with Gasteiger partial charge in [0.15, 0.2) is 6.20 Å². The molecule has 0 atom stereocenters. The summed E-state index contributed by atoms with van der Waals surface area (Å²) in [5, 5.41) is 2.54. The van der Waals surface area contributed by atoms with E-state index in [2.05, 4.69) is 93.3 Å². The zero-order chi connectivity index (χ0) is 21.5. The Morgan fingerprint density at radius 2 is 1.71 bits per heavy atom. The van der Waals surface area contributed by atoms with Gasteiger partial charge in [0.05, 0.1) is 5.39 Å². The second-order valence-corrected chi connectivity index (χ2v) is 9.29. The number of hydrogen-bond donors (Lipinski definition) is 0. The van der Waals surface area contributed by atoms with Crippen molar-refractivity contribution in [3.63, 3.8) is 0 Å². The van der Waals surface area contributed by atoms with Crippen LogP contribution >= 0.6 is 0 Å². The third-order valence-electron chi connectivity index (χ3n) is 7.09. The summed E-state index contributed by atoms with van der Waals surface area (Å²) in [6, 6.07) is 18.0. The van der Waals surface area contributed by atoms with Gasteiger partial charge in [0, 0.05) is 35.0 Å². The van der Waals surface area contributed by atoms with Crippen molar-refractivity contribution < 1.29 is 4.57 Å². The van der Waals surface area contributed by atoms with Gasteiger partial charge in [-0.15, -0.1) is 0 Å². The highest BCUT2D eigenvalue weighted by atomic mass is 14.9. The SMILES string of the molecule is Cc1cc(C)c(C)c(-c2cc3cccc(-c4ccc(C5CCCC5)nc4)c3c[n+]2C)c1. The van der Waals surface area contributed by atoms with Crippen molar-refractivity contribution in [2.75, 3.05) is 0 Å². The number of aryl methyl sites for hydroxylation is 3. The van der Waals surface area contributed by atoms with E-state index in [0.29, 0.717) is 5.92 Å². The van der Waals surface area contributed by atoms with E-state index in [1.54, 1.807) is 0 Å². The van der Waals surface area contributed by atoms with Gasteiger partial charge < -0.3 is 0 Å². The predicted octanol–water partition coefficient (Wildman–Crippen LogP) is 6.98. The van der Waals surface area contributed by atoms with Crippen molar-refractivity contribution in [2.45, 2.75) is 52.4 Å². The number of hydrogen-bond acceptors (Lipinski definition) is 1. The summed E-state index contributed by atoms with van der Waals surface area (Å²) >= 11 is 0. The van der Waals surface area contributed by atoms with Crippen LogP contribution in [0.1, 0.15) is 54.0 Å². The summed E-state index contributed by atoms with van der Waals surface area (Å²) in [6.45, 7) is 6.60.